The van der Waals surface area contributed by atoms with Gasteiger partial charge in [-0.05, 0) is 34.7 Å². The van der Waals surface area contributed by atoms with Crippen LogP contribution in [-0.2, 0) is 0 Å². The van der Waals surface area contributed by atoms with Gasteiger partial charge in [0.1, 0.15) is 5.75 Å². The van der Waals surface area contributed by atoms with Crippen molar-refractivity contribution in [3.63, 3.8) is 0 Å². The van der Waals surface area contributed by atoms with Gasteiger partial charge in [0.2, 0.25) is 4.11 Å². The van der Waals surface area contributed by atoms with Gasteiger partial charge in [-0.25, -0.2) is 0 Å². The summed E-state index contributed by atoms with van der Waals surface area (Å²) in [5.74, 6) is 3.15. The number of hydrogen-bond acceptors (Lipinski definition) is 2. The van der Waals surface area contributed by atoms with Crippen LogP contribution < -0.4 is 4.74 Å². The molecule has 0 fully saturated rings. The largest absolute Gasteiger partial charge is 0.467 e. The molecular weight excluding hydrogens is 253 g/mol. The van der Waals surface area contributed by atoms with Crippen molar-refractivity contribution in [2.75, 3.05) is 0 Å². The third-order valence-electron chi connectivity index (χ3n) is 1.00. The fourth-order valence-electron chi connectivity index (χ4n) is 0.570. The van der Waals surface area contributed by atoms with Crippen LogP contribution in [0.1, 0.15) is 0 Å². The Morgan fingerprint density at radius 2 is 2.55 bits per heavy atom. The Bertz CT molecular complexity index is 255. The average Bonchev–Trinajstić information content (AvgIpc) is 2.06. The van der Waals surface area contributed by atoms with E-state index in [0.717, 1.165) is 0 Å². The smallest absolute Gasteiger partial charge is 0.209 e. The van der Waals surface area contributed by atoms with Crippen LogP contribution >= 0.6 is 22.6 Å². The van der Waals surface area contributed by atoms with Crippen molar-refractivity contribution in [2.24, 2.45) is 0 Å². The Balaban J connectivity index is 2.60. The summed E-state index contributed by atoms with van der Waals surface area (Å²) in [5, 5.41) is 0. The highest BCUT2D eigenvalue weighted by Gasteiger charge is 1.98. The van der Waals surface area contributed by atoms with Crippen LogP contribution in [-0.4, -0.2) is 9.09 Å². The van der Waals surface area contributed by atoms with Crippen LogP contribution in [0.25, 0.3) is 0 Å². The lowest BCUT2D eigenvalue weighted by molar-refractivity contribution is 0.352. The van der Waals surface area contributed by atoms with Gasteiger partial charge in [0.25, 0.3) is 0 Å². The summed E-state index contributed by atoms with van der Waals surface area (Å²) in [6.07, 6.45) is 8.43. The van der Waals surface area contributed by atoms with Crippen LogP contribution in [0, 0.1) is 12.3 Å². The number of rotatable bonds is 2. The fourth-order valence-corrected chi connectivity index (χ4v) is 0.864. The lowest BCUT2D eigenvalue weighted by Crippen LogP contribution is -2.03. The van der Waals surface area contributed by atoms with Gasteiger partial charge >= 0.3 is 0 Å². The van der Waals surface area contributed by atoms with Gasteiger partial charge in [0, 0.05) is 6.20 Å². The predicted octanol–water partition coefficient (Wildman–Crippen LogP) is 1.85. The second-order valence-corrected chi connectivity index (χ2v) is 2.92. The van der Waals surface area contributed by atoms with Crippen LogP contribution in [0.3, 0.4) is 0 Å². The molecule has 0 saturated heterocycles. The first-order valence-electron chi connectivity index (χ1n) is 3.00. The molecule has 1 aromatic heterocycles. The van der Waals surface area contributed by atoms with Crippen molar-refractivity contribution in [3.8, 4) is 18.1 Å². The second kappa shape index (κ2) is 4.19. The standard InChI is InChI=1S/C8H6INO/c1-2-8(9)11-7-4-3-5-10-6-7/h1,3-6,8H. The quantitative estimate of drug-likeness (QED) is 0.459. The molecule has 1 aromatic rings. The lowest BCUT2D eigenvalue weighted by atomic mass is 10.5. The first kappa shape index (κ1) is 8.34. The van der Waals surface area contributed by atoms with E-state index in [0.29, 0.717) is 5.75 Å². The van der Waals surface area contributed by atoms with E-state index in [1.165, 1.54) is 0 Å². The summed E-state index contributed by atoms with van der Waals surface area (Å²) in [6.45, 7) is 0. The van der Waals surface area contributed by atoms with E-state index in [-0.39, 0.29) is 4.11 Å². The minimum Gasteiger partial charge on any atom is -0.467 e. The van der Waals surface area contributed by atoms with E-state index < -0.39 is 0 Å². The molecular formula is C8H6INO. The van der Waals surface area contributed by atoms with Gasteiger partial charge in [-0.1, -0.05) is 5.92 Å². The maximum Gasteiger partial charge on any atom is 0.209 e. The lowest BCUT2D eigenvalue weighted by Gasteiger charge is -2.05. The zero-order valence-electron chi connectivity index (χ0n) is 5.70. The average molecular weight is 259 g/mol. The van der Waals surface area contributed by atoms with Gasteiger partial charge in [0.15, 0.2) is 0 Å². The Hall–Kier alpha value is -0.760. The molecule has 0 radical (unpaired) electrons. The predicted molar refractivity (Wildman–Crippen MR) is 51.5 cm³/mol. The molecule has 0 aliphatic heterocycles. The number of ether oxygens (including phenoxy) is 1. The van der Waals surface area contributed by atoms with Gasteiger partial charge < -0.3 is 4.74 Å². The molecule has 0 spiro atoms. The van der Waals surface area contributed by atoms with Crippen molar-refractivity contribution in [1.29, 1.82) is 0 Å². The number of terminal acetylenes is 1. The highest BCUT2D eigenvalue weighted by Crippen LogP contribution is 2.11. The van der Waals surface area contributed by atoms with Crippen LogP contribution in [0.15, 0.2) is 24.5 Å². The Morgan fingerprint density at radius 3 is 3.09 bits per heavy atom. The molecule has 1 atom stereocenters. The number of pyridine rings is 1. The first-order valence-corrected chi connectivity index (χ1v) is 4.24. The van der Waals surface area contributed by atoms with E-state index in [1.54, 1.807) is 18.5 Å². The van der Waals surface area contributed by atoms with E-state index in [1.807, 2.05) is 28.7 Å². The van der Waals surface area contributed by atoms with Crippen LogP contribution in [0.2, 0.25) is 0 Å². The molecule has 0 aromatic carbocycles. The molecule has 1 rings (SSSR count). The van der Waals surface area contributed by atoms with E-state index in [2.05, 4.69) is 10.9 Å². The number of aromatic nitrogens is 1. The molecule has 0 aliphatic rings. The van der Waals surface area contributed by atoms with Crippen LogP contribution in [0.4, 0.5) is 0 Å². The molecule has 11 heavy (non-hydrogen) atoms. The van der Waals surface area contributed by atoms with Crippen molar-refractivity contribution < 1.29 is 4.74 Å². The van der Waals surface area contributed by atoms with Gasteiger partial charge in [-0.3, -0.25) is 4.98 Å². The number of alkyl halides is 1. The summed E-state index contributed by atoms with van der Waals surface area (Å²) in [5.41, 5.74) is 0. The van der Waals surface area contributed by atoms with Gasteiger partial charge in [-0.2, -0.15) is 0 Å². The van der Waals surface area contributed by atoms with Crippen LogP contribution in [0.5, 0.6) is 5.75 Å². The Labute approximate surface area is 79.1 Å². The monoisotopic (exact) mass is 259 g/mol. The second-order valence-electron chi connectivity index (χ2n) is 1.79. The Morgan fingerprint density at radius 1 is 1.73 bits per heavy atom. The molecule has 0 aliphatic carbocycles. The SMILES string of the molecule is C#CC(I)Oc1cccnc1. The molecule has 2 nitrogen and oxygen atoms in total. The van der Waals surface area contributed by atoms with Gasteiger partial charge in [0.05, 0.1) is 6.20 Å². The highest BCUT2D eigenvalue weighted by atomic mass is 127. The van der Waals surface area contributed by atoms with E-state index in [9.17, 15) is 0 Å². The molecule has 3 heteroatoms. The third-order valence-corrected chi connectivity index (χ3v) is 1.62. The third kappa shape index (κ3) is 2.76. The van der Waals surface area contributed by atoms with E-state index in [4.69, 9.17) is 11.2 Å². The van der Waals surface area contributed by atoms with E-state index >= 15 is 0 Å². The molecule has 56 valence electrons. The molecule has 0 bridgehead atoms. The summed E-state index contributed by atoms with van der Waals surface area (Å²) < 4.78 is 5.03. The first-order chi connectivity index (χ1) is 5.33. The maximum absolute atomic E-state index is 5.25. The number of halogens is 1. The van der Waals surface area contributed by atoms with Crippen molar-refractivity contribution in [1.82, 2.24) is 4.98 Å². The molecule has 0 saturated carbocycles. The molecule has 0 amide bonds. The summed E-state index contributed by atoms with van der Waals surface area (Å²) >= 11 is 2.02. The zero-order valence-corrected chi connectivity index (χ0v) is 7.86. The summed E-state index contributed by atoms with van der Waals surface area (Å²) in [4.78, 5) is 3.88. The topological polar surface area (TPSA) is 22.1 Å². The molecule has 1 heterocycles. The fraction of sp³-hybridized carbons (Fsp3) is 0.125. The summed E-state index contributed by atoms with van der Waals surface area (Å²) in [6, 6.07) is 3.62. The van der Waals surface area contributed by atoms with Gasteiger partial charge in [-0.15, -0.1) is 6.42 Å². The zero-order chi connectivity index (χ0) is 8.10. The normalized spacial score (nSPS) is 11.6. The van der Waals surface area contributed by atoms with Crippen molar-refractivity contribution in [3.05, 3.63) is 24.5 Å². The molecule has 1 unspecified atom stereocenters. The maximum atomic E-state index is 5.25. The minimum atomic E-state index is -0.225. The summed E-state index contributed by atoms with van der Waals surface area (Å²) in [7, 11) is 0. The Kier molecular flexibility index (Phi) is 3.17. The number of hydrogen-bond donors (Lipinski definition) is 0. The van der Waals surface area contributed by atoms with Crippen molar-refractivity contribution >= 4 is 22.6 Å². The number of nitrogens with zero attached hydrogens (tertiary/aromatic N) is 1. The van der Waals surface area contributed by atoms with Crippen molar-refractivity contribution in [2.45, 2.75) is 4.11 Å². The highest BCUT2D eigenvalue weighted by molar-refractivity contribution is 14.1. The molecule has 0 N–H and O–H groups in total. The minimum absolute atomic E-state index is 0.225.